The minimum absolute atomic E-state index is 0.110. The summed E-state index contributed by atoms with van der Waals surface area (Å²) in [7, 11) is 0. The predicted molar refractivity (Wildman–Crippen MR) is 121 cm³/mol. The van der Waals surface area contributed by atoms with Gasteiger partial charge in [-0.25, -0.2) is 4.79 Å². The number of carbonyl (C=O) groups excluding carboxylic acids is 2. The lowest BCUT2D eigenvalue weighted by molar-refractivity contribution is -0.129. The first kappa shape index (κ1) is 25.1. The zero-order valence-electron chi connectivity index (χ0n) is 18.0. The van der Waals surface area contributed by atoms with Crippen molar-refractivity contribution >= 4 is 35.1 Å². The lowest BCUT2D eigenvalue weighted by Gasteiger charge is -2.19. The Bertz CT molecular complexity index is 729. The molecule has 0 saturated heterocycles. The lowest BCUT2D eigenvalue weighted by Crippen LogP contribution is -2.38. The molecule has 0 aromatic heterocycles. The summed E-state index contributed by atoms with van der Waals surface area (Å²) in [6, 6.07) is 4.31. The van der Waals surface area contributed by atoms with Gasteiger partial charge >= 0.3 is 5.97 Å². The fourth-order valence-corrected chi connectivity index (χ4v) is 3.97. The van der Waals surface area contributed by atoms with E-state index in [9.17, 15) is 19.5 Å². The maximum absolute atomic E-state index is 12.2. The van der Waals surface area contributed by atoms with Crippen molar-refractivity contribution in [3.05, 3.63) is 28.8 Å². The summed E-state index contributed by atoms with van der Waals surface area (Å²) in [5.74, 6) is -1.97. The van der Waals surface area contributed by atoms with E-state index in [0.717, 1.165) is 25.7 Å². The van der Waals surface area contributed by atoms with Crippen LogP contribution in [0.3, 0.4) is 0 Å². The van der Waals surface area contributed by atoms with Crippen molar-refractivity contribution in [2.45, 2.75) is 76.7 Å². The zero-order chi connectivity index (χ0) is 22.5. The quantitative estimate of drug-likeness (QED) is 0.552. The van der Waals surface area contributed by atoms with Gasteiger partial charge in [-0.15, -0.1) is 0 Å². The highest BCUT2D eigenvalue weighted by atomic mass is 35.5. The van der Waals surface area contributed by atoms with E-state index in [1.54, 1.807) is 0 Å². The molecule has 31 heavy (non-hydrogen) atoms. The van der Waals surface area contributed by atoms with E-state index < -0.39 is 11.9 Å². The number of halogens is 1. The van der Waals surface area contributed by atoms with E-state index >= 15 is 0 Å². The molecule has 0 aliphatic heterocycles. The second kappa shape index (κ2) is 14.0. The van der Waals surface area contributed by atoms with Gasteiger partial charge in [0, 0.05) is 11.1 Å². The summed E-state index contributed by atoms with van der Waals surface area (Å²) in [5.41, 5.74) is 0.0178. The van der Waals surface area contributed by atoms with Crippen LogP contribution in [0.4, 0.5) is 5.69 Å². The summed E-state index contributed by atoms with van der Waals surface area (Å²) in [6.45, 7) is -0.559. The molecule has 1 aromatic carbocycles. The molecule has 0 heterocycles. The summed E-state index contributed by atoms with van der Waals surface area (Å²) in [4.78, 5) is 35.6. The topological polar surface area (TPSA) is 105 Å². The van der Waals surface area contributed by atoms with E-state index in [1.807, 2.05) is 0 Å². The van der Waals surface area contributed by atoms with Crippen LogP contribution in [0.25, 0.3) is 0 Å². The molecule has 0 spiro atoms. The number of aromatic carboxylic acids is 1. The Morgan fingerprint density at radius 1 is 0.903 bits per heavy atom. The number of carboxylic acid groups (broad SMARTS) is 1. The van der Waals surface area contributed by atoms with Gasteiger partial charge in [-0.05, 0) is 31.0 Å². The Morgan fingerprint density at radius 2 is 1.45 bits per heavy atom. The molecule has 1 fully saturated rings. The average Bonchev–Trinajstić information content (AvgIpc) is 2.71. The van der Waals surface area contributed by atoms with Crippen molar-refractivity contribution in [3.63, 3.8) is 0 Å². The molecular weight excluding hydrogens is 420 g/mol. The van der Waals surface area contributed by atoms with Crippen LogP contribution >= 0.6 is 11.6 Å². The molecule has 0 radical (unpaired) electrons. The fraction of sp³-hybridized carbons (Fsp3) is 0.609. The Kier molecular flexibility index (Phi) is 11.4. The number of benzene rings is 1. The van der Waals surface area contributed by atoms with Crippen LogP contribution in [0.5, 0.6) is 0 Å². The van der Waals surface area contributed by atoms with E-state index in [2.05, 4.69) is 10.6 Å². The Labute approximate surface area is 188 Å². The van der Waals surface area contributed by atoms with Gasteiger partial charge in [0.2, 0.25) is 11.8 Å². The van der Waals surface area contributed by atoms with Gasteiger partial charge in [-0.1, -0.05) is 69.4 Å². The van der Waals surface area contributed by atoms with Crippen molar-refractivity contribution in [2.75, 3.05) is 18.5 Å². The second-order valence-corrected chi connectivity index (χ2v) is 8.50. The molecule has 1 aliphatic rings. The molecule has 0 atom stereocenters. The van der Waals surface area contributed by atoms with Crippen LogP contribution < -0.4 is 10.6 Å². The summed E-state index contributed by atoms with van der Waals surface area (Å²) in [5, 5.41) is 15.0. The largest absolute Gasteiger partial charge is 0.478 e. The molecule has 3 N–H and O–H groups in total. The maximum atomic E-state index is 12.2. The van der Waals surface area contributed by atoms with Gasteiger partial charge < -0.3 is 20.5 Å². The van der Waals surface area contributed by atoms with Crippen molar-refractivity contribution in [3.8, 4) is 0 Å². The average molecular weight is 453 g/mol. The normalized spacial score (nSPS) is 16.5. The number of hydrogen-bond acceptors (Lipinski definition) is 4. The number of carboxylic acids is 1. The summed E-state index contributed by atoms with van der Waals surface area (Å²) < 4.78 is 5.23. The van der Waals surface area contributed by atoms with Gasteiger partial charge in [-0.3, -0.25) is 9.59 Å². The molecule has 2 amide bonds. The number of anilines is 1. The highest BCUT2D eigenvalue weighted by molar-refractivity contribution is 6.31. The standard InChI is InChI=1S/C23H33ClN2O5/c24-17-12-13-20(19(14-17)23(29)30)26-22(28)16-31-15-21(27)25-18-10-8-6-4-2-1-3-5-7-9-11-18/h12-14,18H,1-11,15-16H2,(H,25,27)(H,26,28)(H,29,30). The van der Waals surface area contributed by atoms with E-state index in [1.165, 1.54) is 63.1 Å². The Balaban J connectivity index is 1.73. The van der Waals surface area contributed by atoms with Gasteiger partial charge in [0.1, 0.15) is 13.2 Å². The number of nitrogens with one attached hydrogen (secondary N) is 2. The van der Waals surface area contributed by atoms with Gasteiger partial charge in [-0.2, -0.15) is 0 Å². The molecule has 1 aromatic rings. The summed E-state index contributed by atoms with van der Waals surface area (Å²) >= 11 is 5.80. The van der Waals surface area contributed by atoms with Crippen LogP contribution in [0.1, 0.15) is 81.0 Å². The number of hydrogen-bond donors (Lipinski definition) is 3. The van der Waals surface area contributed by atoms with Crippen molar-refractivity contribution in [1.29, 1.82) is 0 Å². The first-order chi connectivity index (χ1) is 15.0. The highest BCUT2D eigenvalue weighted by Crippen LogP contribution is 2.21. The monoisotopic (exact) mass is 452 g/mol. The molecule has 7 nitrogen and oxygen atoms in total. The third-order valence-electron chi connectivity index (χ3n) is 5.42. The van der Waals surface area contributed by atoms with Crippen LogP contribution in [-0.4, -0.2) is 42.1 Å². The fourth-order valence-electron chi connectivity index (χ4n) is 3.80. The molecule has 8 heteroatoms. The van der Waals surface area contributed by atoms with Crippen LogP contribution in [0.2, 0.25) is 5.02 Å². The molecule has 1 saturated carbocycles. The first-order valence-corrected chi connectivity index (χ1v) is 11.5. The van der Waals surface area contributed by atoms with Crippen molar-refractivity contribution in [1.82, 2.24) is 5.32 Å². The van der Waals surface area contributed by atoms with Crippen LogP contribution in [-0.2, 0) is 14.3 Å². The van der Waals surface area contributed by atoms with E-state index in [-0.39, 0.29) is 41.4 Å². The molecule has 172 valence electrons. The summed E-state index contributed by atoms with van der Waals surface area (Å²) in [6.07, 6.45) is 13.0. The zero-order valence-corrected chi connectivity index (χ0v) is 18.7. The molecule has 0 bridgehead atoms. The number of rotatable bonds is 7. The third kappa shape index (κ3) is 10.2. The minimum atomic E-state index is -1.20. The maximum Gasteiger partial charge on any atom is 0.337 e. The third-order valence-corrected chi connectivity index (χ3v) is 5.66. The molecule has 0 unspecified atom stereocenters. The first-order valence-electron chi connectivity index (χ1n) is 11.2. The number of amides is 2. The lowest BCUT2D eigenvalue weighted by atomic mass is 9.98. The van der Waals surface area contributed by atoms with E-state index in [0.29, 0.717) is 0 Å². The number of ether oxygens (including phenoxy) is 1. The van der Waals surface area contributed by atoms with Crippen LogP contribution in [0, 0.1) is 0 Å². The van der Waals surface area contributed by atoms with Gasteiger partial charge in [0.25, 0.3) is 0 Å². The molecule has 1 aliphatic carbocycles. The Hall–Kier alpha value is -2.12. The minimum Gasteiger partial charge on any atom is -0.478 e. The molecular formula is C23H33ClN2O5. The van der Waals surface area contributed by atoms with Crippen molar-refractivity contribution < 1.29 is 24.2 Å². The SMILES string of the molecule is O=C(COCC(=O)NC1CCCCCCCCCCC1)Nc1ccc(Cl)cc1C(=O)O. The van der Waals surface area contributed by atoms with Gasteiger partial charge in [0.15, 0.2) is 0 Å². The smallest absolute Gasteiger partial charge is 0.337 e. The number of carbonyl (C=O) groups is 3. The van der Waals surface area contributed by atoms with Crippen LogP contribution in [0.15, 0.2) is 18.2 Å². The highest BCUT2D eigenvalue weighted by Gasteiger charge is 2.15. The van der Waals surface area contributed by atoms with Gasteiger partial charge in [0.05, 0.1) is 11.3 Å². The van der Waals surface area contributed by atoms with E-state index in [4.69, 9.17) is 16.3 Å². The predicted octanol–water partition coefficient (Wildman–Crippen LogP) is 4.78. The second-order valence-electron chi connectivity index (χ2n) is 8.06. The molecule has 2 rings (SSSR count). The Morgan fingerprint density at radius 3 is 2.03 bits per heavy atom. The van der Waals surface area contributed by atoms with Crippen molar-refractivity contribution in [2.24, 2.45) is 0 Å².